The Morgan fingerprint density at radius 3 is 2.51 bits per heavy atom. The minimum atomic E-state index is -0.623. The van der Waals surface area contributed by atoms with Crippen LogP contribution in [0.5, 0.6) is 0 Å². The molecule has 35 heavy (non-hydrogen) atoms. The number of thiophene rings is 1. The number of benzene rings is 2. The SMILES string of the molecule is CCN(CCO)CC(=O)Nc1cccc(-c2nc(-c3ccccc3)nc3sc(C(N)=O)c(N)c23)c1. The first-order valence-corrected chi connectivity index (χ1v) is 11.9. The summed E-state index contributed by atoms with van der Waals surface area (Å²) in [5.41, 5.74) is 14.8. The summed E-state index contributed by atoms with van der Waals surface area (Å²) in [5.74, 6) is -0.328. The van der Waals surface area contributed by atoms with Gasteiger partial charge in [0.25, 0.3) is 5.91 Å². The van der Waals surface area contributed by atoms with E-state index in [9.17, 15) is 9.59 Å². The maximum absolute atomic E-state index is 12.6. The Kier molecular flexibility index (Phi) is 7.35. The maximum atomic E-state index is 12.6. The molecule has 180 valence electrons. The number of aliphatic hydroxyl groups is 1. The smallest absolute Gasteiger partial charge is 0.260 e. The molecule has 2 aromatic carbocycles. The van der Waals surface area contributed by atoms with Gasteiger partial charge in [-0.25, -0.2) is 9.97 Å². The number of likely N-dealkylation sites (N-methyl/N-ethyl adjacent to an activating group) is 1. The van der Waals surface area contributed by atoms with Crippen LogP contribution in [-0.4, -0.2) is 58.0 Å². The van der Waals surface area contributed by atoms with E-state index in [0.717, 1.165) is 16.9 Å². The van der Waals surface area contributed by atoms with E-state index in [-0.39, 0.29) is 29.6 Å². The van der Waals surface area contributed by atoms with Crippen molar-refractivity contribution >= 4 is 44.7 Å². The molecule has 0 spiro atoms. The van der Waals surface area contributed by atoms with E-state index in [2.05, 4.69) is 10.3 Å². The molecule has 2 aromatic heterocycles. The second kappa shape index (κ2) is 10.6. The van der Waals surface area contributed by atoms with E-state index in [4.69, 9.17) is 21.6 Å². The molecule has 0 atom stereocenters. The highest BCUT2D eigenvalue weighted by Gasteiger charge is 2.21. The summed E-state index contributed by atoms with van der Waals surface area (Å²) in [6.45, 7) is 3.15. The molecule has 0 aliphatic rings. The fraction of sp³-hybridized carbons (Fsp3) is 0.200. The van der Waals surface area contributed by atoms with Gasteiger partial charge in [0.2, 0.25) is 5.91 Å². The van der Waals surface area contributed by atoms with Crippen molar-refractivity contribution in [3.63, 3.8) is 0 Å². The number of hydrogen-bond donors (Lipinski definition) is 4. The van der Waals surface area contributed by atoms with Crippen molar-refractivity contribution < 1.29 is 14.7 Å². The van der Waals surface area contributed by atoms with Gasteiger partial charge in [0, 0.05) is 23.4 Å². The first kappa shape index (κ1) is 24.3. The number of anilines is 2. The van der Waals surface area contributed by atoms with E-state index in [0.29, 0.717) is 46.1 Å². The second-order valence-corrected chi connectivity index (χ2v) is 8.87. The highest BCUT2D eigenvalue weighted by atomic mass is 32.1. The van der Waals surface area contributed by atoms with E-state index < -0.39 is 5.91 Å². The fourth-order valence-corrected chi connectivity index (χ4v) is 4.72. The third-order valence-electron chi connectivity index (χ3n) is 5.49. The molecule has 0 bridgehead atoms. The van der Waals surface area contributed by atoms with Crippen LogP contribution in [0.4, 0.5) is 11.4 Å². The number of aromatic nitrogens is 2. The van der Waals surface area contributed by atoms with Gasteiger partial charge in [0.1, 0.15) is 9.71 Å². The molecule has 0 saturated carbocycles. The number of nitrogen functional groups attached to an aromatic ring is 1. The van der Waals surface area contributed by atoms with Gasteiger partial charge in [-0.3, -0.25) is 14.5 Å². The predicted octanol–water partition coefficient (Wildman–Crippen LogP) is 2.96. The highest BCUT2D eigenvalue weighted by molar-refractivity contribution is 7.21. The first-order valence-electron chi connectivity index (χ1n) is 11.1. The van der Waals surface area contributed by atoms with Crippen LogP contribution in [0.2, 0.25) is 0 Å². The van der Waals surface area contributed by atoms with E-state index in [1.807, 2.05) is 54.3 Å². The predicted molar refractivity (Wildman–Crippen MR) is 139 cm³/mol. The highest BCUT2D eigenvalue weighted by Crippen LogP contribution is 2.39. The van der Waals surface area contributed by atoms with Gasteiger partial charge >= 0.3 is 0 Å². The number of nitrogens with two attached hydrogens (primary N) is 2. The molecule has 0 aliphatic carbocycles. The Bertz CT molecular complexity index is 1370. The lowest BCUT2D eigenvalue weighted by Gasteiger charge is -2.18. The summed E-state index contributed by atoms with van der Waals surface area (Å²) < 4.78 is 0. The summed E-state index contributed by atoms with van der Waals surface area (Å²) in [6.07, 6.45) is 0. The van der Waals surface area contributed by atoms with E-state index in [1.165, 1.54) is 0 Å². The average molecular weight is 491 g/mol. The molecule has 0 radical (unpaired) electrons. The molecule has 4 rings (SSSR count). The van der Waals surface area contributed by atoms with Crippen LogP contribution in [-0.2, 0) is 4.79 Å². The zero-order chi connectivity index (χ0) is 24.9. The summed E-state index contributed by atoms with van der Waals surface area (Å²) in [4.78, 5) is 36.6. The Hall–Kier alpha value is -3.86. The van der Waals surface area contributed by atoms with Crippen LogP contribution in [0.15, 0.2) is 54.6 Å². The van der Waals surface area contributed by atoms with Crippen molar-refractivity contribution in [3.05, 3.63) is 59.5 Å². The number of aliphatic hydroxyl groups excluding tert-OH is 1. The molecule has 2 amide bonds. The zero-order valence-electron chi connectivity index (χ0n) is 19.2. The van der Waals surface area contributed by atoms with E-state index >= 15 is 0 Å². The lowest BCUT2D eigenvalue weighted by molar-refractivity contribution is -0.117. The largest absolute Gasteiger partial charge is 0.397 e. The minimum Gasteiger partial charge on any atom is -0.397 e. The van der Waals surface area contributed by atoms with Gasteiger partial charge in [-0.1, -0.05) is 49.4 Å². The molecular weight excluding hydrogens is 464 g/mol. The third-order valence-corrected chi connectivity index (χ3v) is 6.61. The number of nitrogens with one attached hydrogen (secondary N) is 1. The molecule has 0 aliphatic heterocycles. The molecule has 4 aromatic rings. The quantitative estimate of drug-likeness (QED) is 0.282. The standard InChI is InChI=1S/C25H26N6O3S/c1-2-31(11-12-32)14-18(33)28-17-10-6-9-16(13-17)21-19-20(26)22(23(27)34)35-25(19)30-24(29-21)15-7-4-3-5-8-15/h3-10,13,32H,2,11-12,14,26H2,1H3,(H2,27,34)(H,28,33). The van der Waals surface area contributed by atoms with E-state index in [1.54, 1.807) is 12.1 Å². The van der Waals surface area contributed by atoms with Gasteiger partial charge in [0.15, 0.2) is 5.82 Å². The number of hydrogen-bond acceptors (Lipinski definition) is 8. The summed E-state index contributed by atoms with van der Waals surface area (Å²) in [6, 6.07) is 16.8. The van der Waals surface area contributed by atoms with Crippen LogP contribution in [0.1, 0.15) is 16.6 Å². The van der Waals surface area contributed by atoms with Crippen molar-refractivity contribution in [2.75, 3.05) is 37.3 Å². The van der Waals surface area contributed by atoms with Crippen LogP contribution in [0, 0.1) is 0 Å². The number of nitrogens with zero attached hydrogens (tertiary/aromatic N) is 3. The van der Waals surface area contributed by atoms with Crippen molar-refractivity contribution in [1.29, 1.82) is 0 Å². The van der Waals surface area contributed by atoms with Crippen molar-refractivity contribution in [3.8, 4) is 22.6 Å². The Morgan fingerprint density at radius 2 is 1.83 bits per heavy atom. The Labute approximate surface area is 206 Å². The Morgan fingerprint density at radius 1 is 1.09 bits per heavy atom. The summed E-state index contributed by atoms with van der Waals surface area (Å²) in [7, 11) is 0. The van der Waals surface area contributed by atoms with Crippen LogP contribution >= 0.6 is 11.3 Å². The van der Waals surface area contributed by atoms with Gasteiger partial charge in [-0.05, 0) is 18.7 Å². The number of primary amides is 1. The summed E-state index contributed by atoms with van der Waals surface area (Å²) in [5, 5.41) is 12.6. The van der Waals surface area contributed by atoms with Crippen molar-refractivity contribution in [2.45, 2.75) is 6.92 Å². The monoisotopic (exact) mass is 490 g/mol. The molecule has 10 heteroatoms. The number of amides is 2. The van der Waals surface area contributed by atoms with Gasteiger partial charge in [-0.2, -0.15) is 0 Å². The maximum Gasteiger partial charge on any atom is 0.260 e. The van der Waals surface area contributed by atoms with Gasteiger partial charge in [-0.15, -0.1) is 11.3 Å². The molecule has 0 fully saturated rings. The molecule has 2 heterocycles. The molecule has 9 nitrogen and oxygen atoms in total. The lowest BCUT2D eigenvalue weighted by atomic mass is 10.1. The van der Waals surface area contributed by atoms with Crippen LogP contribution < -0.4 is 16.8 Å². The van der Waals surface area contributed by atoms with Crippen molar-refractivity contribution in [1.82, 2.24) is 14.9 Å². The van der Waals surface area contributed by atoms with Crippen LogP contribution in [0.25, 0.3) is 32.9 Å². The fourth-order valence-electron chi connectivity index (χ4n) is 3.77. The third kappa shape index (κ3) is 5.29. The van der Waals surface area contributed by atoms with Gasteiger partial charge in [0.05, 0.1) is 29.9 Å². The summed E-state index contributed by atoms with van der Waals surface area (Å²) >= 11 is 1.13. The van der Waals surface area contributed by atoms with Gasteiger partial charge < -0.3 is 21.9 Å². The zero-order valence-corrected chi connectivity index (χ0v) is 20.0. The molecular formula is C25H26N6O3S. The minimum absolute atomic E-state index is 0.0145. The first-order chi connectivity index (χ1) is 16.9. The molecule has 6 N–H and O–H groups in total. The Balaban J connectivity index is 1.77. The average Bonchev–Trinajstić information content (AvgIpc) is 3.20. The second-order valence-electron chi connectivity index (χ2n) is 7.87. The van der Waals surface area contributed by atoms with Crippen LogP contribution in [0.3, 0.4) is 0 Å². The number of rotatable bonds is 9. The number of carbonyl (C=O) groups is 2. The lowest BCUT2D eigenvalue weighted by Crippen LogP contribution is -2.35. The number of fused-ring (bicyclic) bond motifs is 1. The number of carbonyl (C=O) groups excluding carboxylic acids is 2. The topological polar surface area (TPSA) is 147 Å². The molecule has 0 unspecified atom stereocenters. The van der Waals surface area contributed by atoms with Crippen molar-refractivity contribution in [2.24, 2.45) is 5.73 Å². The molecule has 0 saturated heterocycles. The normalized spacial score (nSPS) is 11.2.